The van der Waals surface area contributed by atoms with E-state index in [0.717, 1.165) is 32.1 Å². The molecule has 0 unspecified atom stereocenters. The van der Waals surface area contributed by atoms with Crippen LogP contribution < -0.4 is 0 Å². The van der Waals surface area contributed by atoms with E-state index in [-0.39, 0.29) is 12.2 Å². The molecule has 26 heavy (non-hydrogen) atoms. The molecule has 152 valence electrons. The van der Waals surface area contributed by atoms with Gasteiger partial charge >= 0.3 is 0 Å². The molecule has 2 nitrogen and oxygen atoms in total. The summed E-state index contributed by atoms with van der Waals surface area (Å²) in [6.07, 6.45) is 13.9. The van der Waals surface area contributed by atoms with Gasteiger partial charge in [-0.1, -0.05) is 34.9 Å². The van der Waals surface area contributed by atoms with Crippen LogP contribution in [-0.4, -0.2) is 18.0 Å². The lowest BCUT2D eigenvalue weighted by molar-refractivity contribution is -0.260. The number of rotatable bonds is 13. The van der Waals surface area contributed by atoms with E-state index in [0.29, 0.717) is 0 Å². The van der Waals surface area contributed by atoms with Crippen LogP contribution in [0.2, 0.25) is 0 Å². The zero-order valence-electron chi connectivity index (χ0n) is 18.9. The Balaban J connectivity index is 4.35. The number of hydrogen-bond acceptors (Lipinski definition) is 2. The molecule has 0 radical (unpaired) electrons. The predicted octanol–water partition coefficient (Wildman–Crippen LogP) is 7.75. The van der Waals surface area contributed by atoms with Gasteiger partial charge in [-0.3, -0.25) is 0 Å². The van der Waals surface area contributed by atoms with Crippen LogP contribution in [0.1, 0.15) is 101 Å². The SMILES string of the molecule is CC(C)=CCCC(C)=CCCC(C)=CCCC(C)(OC(C)C)OC(C)C. The zero-order chi connectivity index (χ0) is 20.2. The Kier molecular flexibility index (Phi) is 12.9. The van der Waals surface area contributed by atoms with Gasteiger partial charge in [0.05, 0.1) is 12.2 Å². The van der Waals surface area contributed by atoms with Crippen molar-refractivity contribution in [3.63, 3.8) is 0 Å². The summed E-state index contributed by atoms with van der Waals surface area (Å²) in [7, 11) is 0. The molecule has 2 heteroatoms. The van der Waals surface area contributed by atoms with E-state index >= 15 is 0 Å². The van der Waals surface area contributed by atoms with Crippen LogP contribution in [0.3, 0.4) is 0 Å². The van der Waals surface area contributed by atoms with Crippen molar-refractivity contribution in [2.24, 2.45) is 0 Å². The van der Waals surface area contributed by atoms with Crippen LogP contribution in [-0.2, 0) is 9.47 Å². The van der Waals surface area contributed by atoms with Gasteiger partial charge in [0.1, 0.15) is 0 Å². The van der Waals surface area contributed by atoms with Crippen molar-refractivity contribution in [3.8, 4) is 0 Å². The molecule has 0 spiro atoms. The van der Waals surface area contributed by atoms with E-state index < -0.39 is 5.79 Å². The van der Waals surface area contributed by atoms with Crippen LogP contribution in [0.25, 0.3) is 0 Å². The predicted molar refractivity (Wildman–Crippen MR) is 115 cm³/mol. The highest BCUT2D eigenvalue weighted by Crippen LogP contribution is 2.24. The summed E-state index contributed by atoms with van der Waals surface area (Å²) in [4.78, 5) is 0. The molecule has 0 aromatic heterocycles. The van der Waals surface area contributed by atoms with Crippen molar-refractivity contribution in [2.45, 2.75) is 119 Å². The highest BCUT2D eigenvalue weighted by Gasteiger charge is 2.27. The van der Waals surface area contributed by atoms with E-state index in [1.54, 1.807) is 0 Å². The van der Waals surface area contributed by atoms with Crippen LogP contribution in [0.4, 0.5) is 0 Å². The fourth-order valence-corrected chi connectivity index (χ4v) is 3.06. The molecule has 0 saturated carbocycles. The van der Waals surface area contributed by atoms with Crippen molar-refractivity contribution < 1.29 is 9.47 Å². The normalized spacial score (nSPS) is 13.7. The average molecular weight is 365 g/mol. The molecule has 0 bridgehead atoms. The maximum Gasteiger partial charge on any atom is 0.166 e. The summed E-state index contributed by atoms with van der Waals surface area (Å²) in [6, 6.07) is 0. The first-order valence-electron chi connectivity index (χ1n) is 10.3. The van der Waals surface area contributed by atoms with Gasteiger partial charge in [-0.05, 0) is 94.4 Å². The first kappa shape index (κ1) is 25.1. The maximum absolute atomic E-state index is 6.03. The fraction of sp³-hybridized carbons (Fsp3) is 0.750. The minimum atomic E-state index is -0.499. The molecular formula is C24H44O2. The number of allylic oxidation sites excluding steroid dienone is 6. The van der Waals surface area contributed by atoms with Crippen LogP contribution in [0, 0.1) is 0 Å². The molecule has 0 aliphatic carbocycles. The molecule has 0 saturated heterocycles. The van der Waals surface area contributed by atoms with Crippen LogP contribution in [0.5, 0.6) is 0 Å². The molecule has 0 aromatic carbocycles. The average Bonchev–Trinajstić information content (AvgIpc) is 2.44. The van der Waals surface area contributed by atoms with Crippen molar-refractivity contribution in [3.05, 3.63) is 34.9 Å². The summed E-state index contributed by atoms with van der Waals surface area (Å²) in [6.45, 7) is 19.1. The van der Waals surface area contributed by atoms with E-state index in [1.807, 2.05) is 0 Å². The van der Waals surface area contributed by atoms with E-state index in [1.165, 1.54) is 23.1 Å². The molecular weight excluding hydrogens is 320 g/mol. The Hall–Kier alpha value is -0.860. The van der Waals surface area contributed by atoms with Crippen molar-refractivity contribution >= 4 is 0 Å². The molecule has 0 aromatic rings. The third-order valence-electron chi connectivity index (χ3n) is 4.18. The van der Waals surface area contributed by atoms with Crippen LogP contribution >= 0.6 is 0 Å². The summed E-state index contributed by atoms with van der Waals surface area (Å²) < 4.78 is 12.1. The molecule has 0 aliphatic heterocycles. The van der Waals surface area contributed by atoms with E-state index in [9.17, 15) is 0 Å². The van der Waals surface area contributed by atoms with Gasteiger partial charge in [0.2, 0.25) is 0 Å². The highest BCUT2D eigenvalue weighted by molar-refractivity contribution is 5.05. The van der Waals surface area contributed by atoms with Gasteiger partial charge in [-0.25, -0.2) is 0 Å². The molecule has 0 aliphatic rings. The summed E-state index contributed by atoms with van der Waals surface area (Å²) in [5.74, 6) is -0.499. The summed E-state index contributed by atoms with van der Waals surface area (Å²) >= 11 is 0. The third-order valence-corrected chi connectivity index (χ3v) is 4.18. The maximum atomic E-state index is 6.03. The Morgan fingerprint density at radius 2 is 1.15 bits per heavy atom. The van der Waals surface area contributed by atoms with Gasteiger partial charge in [-0.2, -0.15) is 0 Å². The molecule has 0 rings (SSSR count). The Bertz CT molecular complexity index is 453. The summed E-state index contributed by atoms with van der Waals surface area (Å²) in [5.41, 5.74) is 4.36. The Labute approximate surface area is 163 Å². The van der Waals surface area contributed by atoms with Crippen molar-refractivity contribution in [2.75, 3.05) is 0 Å². The number of ether oxygens (including phenoxy) is 2. The van der Waals surface area contributed by atoms with Crippen molar-refractivity contribution in [1.29, 1.82) is 0 Å². The standard InChI is InChI=1S/C24H44O2/c1-19(2)13-10-14-22(7)15-11-16-23(8)17-12-18-24(9,25-20(3)4)26-21(5)6/h13,15,17,20-21H,10-12,14,16,18H2,1-9H3. The van der Waals surface area contributed by atoms with Gasteiger partial charge in [0, 0.05) is 6.42 Å². The second-order valence-electron chi connectivity index (χ2n) is 8.47. The first-order valence-corrected chi connectivity index (χ1v) is 10.3. The largest absolute Gasteiger partial charge is 0.348 e. The molecule has 0 fully saturated rings. The van der Waals surface area contributed by atoms with E-state index in [4.69, 9.17) is 9.47 Å². The molecule has 0 heterocycles. The highest BCUT2D eigenvalue weighted by atomic mass is 16.7. The lowest BCUT2D eigenvalue weighted by Gasteiger charge is -2.33. The van der Waals surface area contributed by atoms with Gasteiger partial charge in [-0.15, -0.1) is 0 Å². The second kappa shape index (κ2) is 13.3. The topological polar surface area (TPSA) is 18.5 Å². The van der Waals surface area contributed by atoms with Crippen LogP contribution in [0.15, 0.2) is 34.9 Å². The summed E-state index contributed by atoms with van der Waals surface area (Å²) in [5, 5.41) is 0. The zero-order valence-corrected chi connectivity index (χ0v) is 18.9. The molecule has 0 amide bonds. The monoisotopic (exact) mass is 364 g/mol. The lowest BCUT2D eigenvalue weighted by atomic mass is 10.0. The van der Waals surface area contributed by atoms with Gasteiger partial charge in [0.15, 0.2) is 5.79 Å². The van der Waals surface area contributed by atoms with Gasteiger partial charge in [0.25, 0.3) is 0 Å². The number of hydrogen-bond donors (Lipinski definition) is 0. The van der Waals surface area contributed by atoms with E-state index in [2.05, 4.69) is 80.5 Å². The Morgan fingerprint density at radius 1 is 0.731 bits per heavy atom. The fourth-order valence-electron chi connectivity index (χ4n) is 3.06. The lowest BCUT2D eigenvalue weighted by Crippen LogP contribution is -2.37. The second-order valence-corrected chi connectivity index (χ2v) is 8.47. The quantitative estimate of drug-likeness (QED) is 0.246. The Morgan fingerprint density at radius 3 is 1.58 bits per heavy atom. The van der Waals surface area contributed by atoms with Crippen molar-refractivity contribution in [1.82, 2.24) is 0 Å². The third kappa shape index (κ3) is 14.3. The minimum absolute atomic E-state index is 0.170. The first-order chi connectivity index (χ1) is 12.0. The molecule has 0 atom stereocenters. The minimum Gasteiger partial charge on any atom is -0.348 e. The molecule has 0 N–H and O–H groups in total. The van der Waals surface area contributed by atoms with Gasteiger partial charge < -0.3 is 9.47 Å². The smallest absolute Gasteiger partial charge is 0.166 e.